The molecule has 13 heteroatoms. The second-order valence-corrected chi connectivity index (χ2v) is 8.74. The Hall–Kier alpha value is -4.94. The molecule has 2 heterocycles. The Morgan fingerprint density at radius 2 is 1.92 bits per heavy atom. The van der Waals surface area contributed by atoms with Crippen LogP contribution in [0.25, 0.3) is 5.65 Å². The maximum atomic E-state index is 13.7. The minimum absolute atomic E-state index is 0.0418. The van der Waals surface area contributed by atoms with Crippen LogP contribution < -0.4 is 15.4 Å². The summed E-state index contributed by atoms with van der Waals surface area (Å²) in [7, 11) is 0. The van der Waals surface area contributed by atoms with Crippen molar-refractivity contribution in [2.45, 2.75) is 32.0 Å². The first-order chi connectivity index (χ1) is 18.7. The minimum Gasteiger partial charge on any atom is -0.478 e. The Balaban J connectivity index is 1.33. The first-order valence-corrected chi connectivity index (χ1v) is 11.7. The van der Waals surface area contributed by atoms with Gasteiger partial charge in [-0.15, -0.1) is 0 Å². The summed E-state index contributed by atoms with van der Waals surface area (Å²) < 4.78 is 44.1. The molecular weight excluding hydrogens is 519 g/mol. The van der Waals surface area contributed by atoms with Crippen molar-refractivity contribution < 1.29 is 37.4 Å². The molecule has 4 aromatic rings. The number of ether oxygens (including phenoxy) is 1. The highest BCUT2D eigenvalue weighted by Crippen LogP contribution is 2.32. The number of benzene rings is 2. The van der Waals surface area contributed by atoms with Crippen LogP contribution in [0.2, 0.25) is 0 Å². The van der Waals surface area contributed by atoms with Crippen LogP contribution in [0.3, 0.4) is 0 Å². The molecule has 2 aromatic carbocycles. The van der Waals surface area contributed by atoms with E-state index in [9.17, 15) is 32.7 Å². The molecule has 0 saturated heterocycles. The molecule has 5 rings (SSSR count). The smallest absolute Gasteiger partial charge is 0.387 e. The number of carbonyl (C=O) groups is 3. The molecule has 1 atom stereocenters. The highest BCUT2D eigenvalue weighted by molar-refractivity contribution is 5.98. The first-order valence-electron chi connectivity index (χ1n) is 11.7. The molecule has 0 radical (unpaired) electrons. The Morgan fingerprint density at radius 3 is 2.69 bits per heavy atom. The quantitative estimate of drug-likeness (QED) is 0.312. The molecule has 200 valence electrons. The third-order valence-electron chi connectivity index (χ3n) is 6.26. The maximum absolute atomic E-state index is 13.7. The fourth-order valence-electron chi connectivity index (χ4n) is 4.44. The number of carboxylic acid groups (broad SMARTS) is 1. The second-order valence-electron chi connectivity index (χ2n) is 8.74. The second kappa shape index (κ2) is 10.4. The molecule has 0 spiro atoms. The van der Waals surface area contributed by atoms with Crippen molar-refractivity contribution in [1.82, 2.24) is 25.2 Å². The van der Waals surface area contributed by atoms with E-state index in [0.717, 1.165) is 23.3 Å². The topological polar surface area (TPSA) is 135 Å². The fraction of sp³-hybridized carbons (Fsp3) is 0.192. The molecule has 2 aromatic heterocycles. The van der Waals surface area contributed by atoms with Gasteiger partial charge in [-0.2, -0.15) is 13.9 Å². The largest absolute Gasteiger partial charge is 0.478 e. The van der Waals surface area contributed by atoms with E-state index in [1.165, 1.54) is 35.0 Å². The number of nitrogens with zero attached hydrogens (tertiary/aromatic N) is 3. The third kappa shape index (κ3) is 5.37. The number of aromatic nitrogens is 3. The molecule has 2 amide bonds. The summed E-state index contributed by atoms with van der Waals surface area (Å²) in [5.74, 6) is -3.84. The van der Waals surface area contributed by atoms with E-state index in [1.807, 2.05) is 0 Å². The molecule has 1 aliphatic carbocycles. The number of carbonyl (C=O) groups excluding carboxylic acids is 2. The summed E-state index contributed by atoms with van der Waals surface area (Å²) in [5, 5.41) is 18.8. The van der Waals surface area contributed by atoms with Crippen LogP contribution in [-0.2, 0) is 13.0 Å². The van der Waals surface area contributed by atoms with Gasteiger partial charge in [-0.25, -0.2) is 18.7 Å². The van der Waals surface area contributed by atoms with Gasteiger partial charge in [-0.3, -0.25) is 9.59 Å². The molecule has 0 aliphatic heterocycles. The average Bonchev–Trinajstić information content (AvgIpc) is 3.54. The summed E-state index contributed by atoms with van der Waals surface area (Å²) in [4.78, 5) is 41.6. The number of rotatable bonds is 8. The van der Waals surface area contributed by atoms with Gasteiger partial charge in [-0.05, 0) is 53.8 Å². The first kappa shape index (κ1) is 25.7. The number of carboxylic acids is 1. The SMILES string of the molecule is O=C(O)c1ccc2c(c1)CC[C@@H]2NC(=O)c1cc(C(=O)NCc2ccc(F)c(OC(F)F)c2)nc2ccnn12. The van der Waals surface area contributed by atoms with Gasteiger partial charge in [0.05, 0.1) is 17.8 Å². The summed E-state index contributed by atoms with van der Waals surface area (Å²) in [6.07, 6.45) is 2.58. The Kier molecular flexibility index (Phi) is 6.88. The number of hydrogen-bond acceptors (Lipinski definition) is 6. The Morgan fingerprint density at radius 1 is 1.10 bits per heavy atom. The van der Waals surface area contributed by atoms with Gasteiger partial charge < -0.3 is 20.5 Å². The lowest BCUT2D eigenvalue weighted by Gasteiger charge is -2.15. The van der Waals surface area contributed by atoms with Gasteiger partial charge in [0, 0.05) is 18.7 Å². The summed E-state index contributed by atoms with van der Waals surface area (Å²) >= 11 is 0. The van der Waals surface area contributed by atoms with Crippen molar-refractivity contribution in [1.29, 1.82) is 0 Å². The lowest BCUT2D eigenvalue weighted by molar-refractivity contribution is -0.0522. The van der Waals surface area contributed by atoms with Crippen molar-refractivity contribution in [3.8, 4) is 5.75 Å². The predicted molar refractivity (Wildman–Crippen MR) is 129 cm³/mol. The van der Waals surface area contributed by atoms with Crippen LogP contribution in [0.5, 0.6) is 5.75 Å². The number of fused-ring (bicyclic) bond motifs is 2. The normalized spacial score (nSPS) is 14.3. The fourth-order valence-corrected chi connectivity index (χ4v) is 4.44. The lowest BCUT2D eigenvalue weighted by atomic mass is 10.0. The zero-order valence-electron chi connectivity index (χ0n) is 20.0. The summed E-state index contributed by atoms with van der Waals surface area (Å²) in [6, 6.07) is 10.5. The molecule has 3 N–H and O–H groups in total. The van der Waals surface area contributed by atoms with E-state index in [-0.39, 0.29) is 35.2 Å². The van der Waals surface area contributed by atoms with E-state index >= 15 is 0 Å². The van der Waals surface area contributed by atoms with Crippen molar-refractivity contribution in [2.75, 3.05) is 0 Å². The monoisotopic (exact) mass is 539 g/mol. The van der Waals surface area contributed by atoms with Crippen molar-refractivity contribution in [3.05, 3.63) is 94.2 Å². The standard InChI is InChI=1S/C26H20F3N5O5/c27-17-5-1-13(9-21(17)39-26(28)29)12-30-23(35)19-11-20(34-22(32-19)7-8-31-34)24(36)33-18-6-3-14-10-15(25(37)38)2-4-16(14)18/h1-2,4-5,7-11,18,26H,3,6,12H2,(H,30,35)(H,33,36)(H,37,38)/t18-/m0/s1. The number of hydrogen-bond donors (Lipinski definition) is 3. The molecule has 1 aliphatic rings. The zero-order chi connectivity index (χ0) is 27.7. The van der Waals surface area contributed by atoms with E-state index in [2.05, 4.69) is 25.5 Å². The molecule has 0 bridgehead atoms. The predicted octanol–water partition coefficient (Wildman–Crippen LogP) is 3.52. The molecule has 0 saturated carbocycles. The number of aromatic carboxylic acids is 1. The van der Waals surface area contributed by atoms with E-state index in [4.69, 9.17) is 0 Å². The van der Waals surface area contributed by atoms with Crippen LogP contribution in [0.4, 0.5) is 13.2 Å². The lowest BCUT2D eigenvalue weighted by Crippen LogP contribution is -2.30. The van der Waals surface area contributed by atoms with Gasteiger partial charge in [0.15, 0.2) is 17.2 Å². The van der Waals surface area contributed by atoms with Crippen molar-refractivity contribution in [2.24, 2.45) is 0 Å². The minimum atomic E-state index is -3.21. The molecule has 0 fully saturated rings. The maximum Gasteiger partial charge on any atom is 0.387 e. The van der Waals surface area contributed by atoms with Crippen molar-refractivity contribution in [3.63, 3.8) is 0 Å². The number of amides is 2. The third-order valence-corrected chi connectivity index (χ3v) is 6.26. The number of nitrogens with one attached hydrogen (secondary N) is 2. The molecule has 10 nitrogen and oxygen atoms in total. The van der Waals surface area contributed by atoms with Crippen LogP contribution in [0, 0.1) is 5.82 Å². The van der Waals surface area contributed by atoms with E-state index in [0.29, 0.717) is 18.4 Å². The van der Waals surface area contributed by atoms with Crippen LogP contribution in [0.1, 0.15) is 60.5 Å². The molecular formula is C26H20F3N5O5. The van der Waals surface area contributed by atoms with Gasteiger partial charge in [0.2, 0.25) is 0 Å². The van der Waals surface area contributed by atoms with Crippen molar-refractivity contribution >= 4 is 23.4 Å². The van der Waals surface area contributed by atoms with Gasteiger partial charge >= 0.3 is 12.6 Å². The number of alkyl halides is 2. The van der Waals surface area contributed by atoms with Crippen LogP contribution >= 0.6 is 0 Å². The van der Waals surface area contributed by atoms with Gasteiger partial charge in [-0.1, -0.05) is 12.1 Å². The Labute approximate surface area is 218 Å². The summed E-state index contributed by atoms with van der Waals surface area (Å²) in [5.41, 5.74) is 2.29. The Bertz CT molecular complexity index is 1610. The van der Waals surface area contributed by atoms with E-state index < -0.39 is 36.0 Å². The molecule has 0 unspecified atom stereocenters. The highest BCUT2D eigenvalue weighted by atomic mass is 19.3. The van der Waals surface area contributed by atoms with Gasteiger partial charge in [0.25, 0.3) is 11.8 Å². The van der Waals surface area contributed by atoms with Crippen LogP contribution in [0.15, 0.2) is 54.7 Å². The van der Waals surface area contributed by atoms with E-state index in [1.54, 1.807) is 12.1 Å². The highest BCUT2D eigenvalue weighted by Gasteiger charge is 2.27. The zero-order valence-corrected chi connectivity index (χ0v) is 20.0. The molecule has 39 heavy (non-hydrogen) atoms. The number of halogens is 3. The average molecular weight is 539 g/mol. The van der Waals surface area contributed by atoms with Crippen LogP contribution in [-0.4, -0.2) is 44.1 Å². The number of aryl methyl sites for hydroxylation is 1. The van der Waals surface area contributed by atoms with Gasteiger partial charge in [0.1, 0.15) is 11.4 Å². The summed E-state index contributed by atoms with van der Waals surface area (Å²) in [6.45, 7) is -3.36.